The maximum absolute atomic E-state index is 12.0. The van der Waals surface area contributed by atoms with Crippen LogP contribution in [0.4, 0.5) is 0 Å². The van der Waals surface area contributed by atoms with E-state index in [1.54, 1.807) is 42.7 Å². The van der Waals surface area contributed by atoms with Crippen LogP contribution in [0.2, 0.25) is 0 Å². The van der Waals surface area contributed by atoms with Crippen LogP contribution in [0.1, 0.15) is 16.7 Å². The zero-order chi connectivity index (χ0) is 19.2. The van der Waals surface area contributed by atoms with Crippen LogP contribution < -0.4 is 10.3 Å². The van der Waals surface area contributed by atoms with E-state index in [-0.39, 0.29) is 5.56 Å². The van der Waals surface area contributed by atoms with E-state index in [4.69, 9.17) is 10.00 Å². The third-order valence-electron chi connectivity index (χ3n) is 3.79. The van der Waals surface area contributed by atoms with Gasteiger partial charge in [0.25, 0.3) is 5.56 Å². The molecule has 0 aliphatic rings. The smallest absolute Gasteiger partial charge is 0.270 e. The van der Waals surface area contributed by atoms with Gasteiger partial charge in [0.1, 0.15) is 24.0 Å². The number of rotatable bonds is 5. The first-order valence-electron chi connectivity index (χ1n) is 7.95. The Morgan fingerprint density at radius 1 is 1.15 bits per heavy atom. The Hall–Kier alpha value is -3.55. The molecule has 27 heavy (non-hydrogen) atoms. The lowest BCUT2D eigenvalue weighted by Crippen LogP contribution is -2.14. The van der Waals surface area contributed by atoms with Crippen LogP contribution in [-0.4, -0.2) is 16.2 Å². The molecule has 0 bridgehead atoms. The van der Waals surface area contributed by atoms with E-state index in [9.17, 15) is 10.1 Å². The molecule has 6 nitrogen and oxygen atoms in total. The number of ether oxygens (including phenoxy) is 1. The van der Waals surface area contributed by atoms with Crippen molar-refractivity contribution in [1.29, 1.82) is 10.5 Å². The molecule has 1 aromatic heterocycles. The highest BCUT2D eigenvalue weighted by Gasteiger charge is 2.13. The highest BCUT2D eigenvalue weighted by Crippen LogP contribution is 2.24. The topological polar surface area (TPSA) is 103 Å². The summed E-state index contributed by atoms with van der Waals surface area (Å²) in [6.07, 6.45) is 1.80. The molecular weight excluding hydrogens is 360 g/mol. The molecule has 0 atom stereocenters. The van der Waals surface area contributed by atoms with Gasteiger partial charge in [-0.3, -0.25) is 4.79 Å². The maximum Gasteiger partial charge on any atom is 0.270 e. The standard InChI is InChI=1S/C20H14N4O2S/c1-27-20-23-18(17(11-22)19(25)24-20)15-5-7-16(8-6-15)26-12-14-4-2-3-13(9-14)10-21/h2-9H,12H2,1H3,(H,23,24,25). The van der Waals surface area contributed by atoms with Crippen molar-refractivity contribution in [1.82, 2.24) is 9.97 Å². The van der Waals surface area contributed by atoms with E-state index in [0.29, 0.717) is 34.3 Å². The highest BCUT2D eigenvalue weighted by atomic mass is 32.2. The van der Waals surface area contributed by atoms with Crippen molar-refractivity contribution in [2.45, 2.75) is 11.8 Å². The van der Waals surface area contributed by atoms with Crippen LogP contribution in [0.15, 0.2) is 58.5 Å². The van der Waals surface area contributed by atoms with Crippen molar-refractivity contribution >= 4 is 11.8 Å². The van der Waals surface area contributed by atoms with Crippen LogP contribution in [0.3, 0.4) is 0 Å². The summed E-state index contributed by atoms with van der Waals surface area (Å²) in [6, 6.07) is 18.3. The van der Waals surface area contributed by atoms with E-state index >= 15 is 0 Å². The van der Waals surface area contributed by atoms with Gasteiger partial charge >= 0.3 is 0 Å². The number of nitrogens with one attached hydrogen (secondary N) is 1. The Bertz CT molecular complexity index is 1110. The molecule has 0 unspecified atom stereocenters. The van der Waals surface area contributed by atoms with Crippen molar-refractivity contribution in [2.24, 2.45) is 0 Å². The minimum atomic E-state index is -0.454. The summed E-state index contributed by atoms with van der Waals surface area (Å²) >= 11 is 1.30. The zero-order valence-electron chi connectivity index (χ0n) is 14.4. The molecule has 3 rings (SSSR count). The Balaban J connectivity index is 1.82. The Labute approximate surface area is 160 Å². The van der Waals surface area contributed by atoms with Gasteiger partial charge in [-0.05, 0) is 48.2 Å². The molecule has 0 spiro atoms. The van der Waals surface area contributed by atoms with Gasteiger partial charge in [0.15, 0.2) is 5.16 Å². The summed E-state index contributed by atoms with van der Waals surface area (Å²) in [5.41, 5.74) is 2.01. The van der Waals surface area contributed by atoms with E-state index in [1.807, 2.05) is 18.2 Å². The number of aromatic nitrogens is 2. The average Bonchev–Trinajstić information content (AvgIpc) is 2.72. The van der Waals surface area contributed by atoms with Crippen LogP contribution in [0.25, 0.3) is 11.3 Å². The molecular formula is C20H14N4O2S. The largest absolute Gasteiger partial charge is 0.489 e. The van der Waals surface area contributed by atoms with Gasteiger partial charge in [-0.25, -0.2) is 4.98 Å². The Morgan fingerprint density at radius 3 is 2.59 bits per heavy atom. The number of aromatic amines is 1. The van der Waals surface area contributed by atoms with Gasteiger partial charge in [-0.2, -0.15) is 10.5 Å². The van der Waals surface area contributed by atoms with Crippen LogP contribution >= 0.6 is 11.8 Å². The Kier molecular flexibility index (Phi) is 5.55. The predicted molar refractivity (Wildman–Crippen MR) is 102 cm³/mol. The van der Waals surface area contributed by atoms with Gasteiger partial charge < -0.3 is 9.72 Å². The van der Waals surface area contributed by atoms with Crippen LogP contribution in [0, 0.1) is 22.7 Å². The van der Waals surface area contributed by atoms with Gasteiger partial charge in [0, 0.05) is 5.56 Å². The number of nitrogens with zero attached hydrogens (tertiary/aromatic N) is 3. The fraction of sp³-hybridized carbons (Fsp3) is 0.100. The minimum Gasteiger partial charge on any atom is -0.489 e. The average molecular weight is 374 g/mol. The monoisotopic (exact) mass is 374 g/mol. The lowest BCUT2D eigenvalue weighted by molar-refractivity contribution is 0.306. The molecule has 0 fully saturated rings. The second-order valence-corrected chi connectivity index (χ2v) is 6.33. The van der Waals surface area contributed by atoms with E-state index in [2.05, 4.69) is 16.0 Å². The summed E-state index contributed by atoms with van der Waals surface area (Å²) in [6.45, 7) is 0.332. The molecule has 0 aliphatic heterocycles. The highest BCUT2D eigenvalue weighted by molar-refractivity contribution is 7.98. The molecule has 2 aromatic carbocycles. The van der Waals surface area contributed by atoms with Crippen LogP contribution in [-0.2, 0) is 6.61 Å². The van der Waals surface area contributed by atoms with Crippen LogP contribution in [0.5, 0.6) is 5.75 Å². The van der Waals surface area contributed by atoms with Crippen molar-refractivity contribution in [3.8, 4) is 29.1 Å². The number of benzene rings is 2. The predicted octanol–water partition coefficient (Wildman–Crippen LogP) is 3.48. The summed E-state index contributed by atoms with van der Waals surface area (Å²) < 4.78 is 5.74. The lowest BCUT2D eigenvalue weighted by Gasteiger charge is -2.09. The SMILES string of the molecule is CSc1nc(-c2ccc(OCc3cccc(C#N)c3)cc2)c(C#N)c(=O)[nH]1. The molecule has 1 N–H and O–H groups in total. The fourth-order valence-corrected chi connectivity index (χ4v) is 2.85. The van der Waals surface area contributed by atoms with E-state index in [1.165, 1.54) is 11.8 Å². The maximum atomic E-state index is 12.0. The zero-order valence-corrected chi connectivity index (χ0v) is 15.2. The minimum absolute atomic E-state index is 0.0187. The molecule has 0 aliphatic carbocycles. The second kappa shape index (κ2) is 8.22. The first-order chi connectivity index (χ1) is 13.1. The molecule has 0 saturated heterocycles. The quantitative estimate of drug-likeness (QED) is 0.542. The summed E-state index contributed by atoms with van der Waals surface area (Å²) in [4.78, 5) is 18.9. The summed E-state index contributed by atoms with van der Waals surface area (Å²) in [7, 11) is 0. The normalized spacial score (nSPS) is 10.0. The lowest BCUT2D eigenvalue weighted by atomic mass is 10.1. The number of nitriles is 2. The van der Waals surface area contributed by atoms with E-state index < -0.39 is 5.56 Å². The van der Waals surface area contributed by atoms with Crippen molar-refractivity contribution in [2.75, 3.05) is 6.26 Å². The van der Waals surface area contributed by atoms with Crippen molar-refractivity contribution in [3.05, 3.63) is 75.6 Å². The Morgan fingerprint density at radius 2 is 1.93 bits per heavy atom. The third-order valence-corrected chi connectivity index (χ3v) is 4.37. The van der Waals surface area contributed by atoms with Crippen molar-refractivity contribution < 1.29 is 4.74 Å². The number of H-pyrrole nitrogens is 1. The molecule has 132 valence electrons. The summed E-state index contributed by atoms with van der Waals surface area (Å²) in [5, 5.41) is 18.7. The second-order valence-electron chi connectivity index (χ2n) is 5.54. The van der Waals surface area contributed by atoms with Gasteiger partial charge in [0.2, 0.25) is 0 Å². The fourth-order valence-electron chi connectivity index (χ4n) is 2.47. The molecule has 7 heteroatoms. The summed E-state index contributed by atoms with van der Waals surface area (Å²) in [5.74, 6) is 0.634. The van der Waals surface area contributed by atoms with Crippen molar-refractivity contribution in [3.63, 3.8) is 0 Å². The van der Waals surface area contributed by atoms with Gasteiger partial charge in [-0.15, -0.1) is 0 Å². The molecule has 0 radical (unpaired) electrons. The third kappa shape index (κ3) is 4.17. The molecule has 3 aromatic rings. The first-order valence-corrected chi connectivity index (χ1v) is 9.17. The first kappa shape index (κ1) is 18.2. The number of thioether (sulfide) groups is 1. The molecule has 1 heterocycles. The molecule has 0 amide bonds. The van der Waals surface area contributed by atoms with E-state index in [0.717, 1.165) is 5.56 Å². The number of hydrogen-bond acceptors (Lipinski definition) is 6. The molecule has 0 saturated carbocycles. The van der Waals surface area contributed by atoms with Gasteiger partial charge in [-0.1, -0.05) is 23.9 Å². The van der Waals surface area contributed by atoms with Gasteiger partial charge in [0.05, 0.1) is 17.3 Å². The number of hydrogen-bond donors (Lipinski definition) is 1.